The van der Waals surface area contributed by atoms with E-state index in [0.717, 1.165) is 152 Å². The first-order chi connectivity index (χ1) is 47.6. The summed E-state index contributed by atoms with van der Waals surface area (Å²) in [4.78, 5) is 42.9. The molecule has 14 rings (SSSR count). The highest BCUT2D eigenvalue weighted by molar-refractivity contribution is 9.10. The maximum absolute atomic E-state index is 6.08. The number of fused-ring (bicyclic) bond motifs is 3. The lowest BCUT2D eigenvalue weighted by Gasteiger charge is -2.27. The van der Waals surface area contributed by atoms with Gasteiger partial charge in [-0.15, -0.1) is 0 Å². The van der Waals surface area contributed by atoms with Gasteiger partial charge in [0.25, 0.3) is 0 Å². The van der Waals surface area contributed by atoms with Crippen molar-refractivity contribution < 1.29 is 0 Å². The average Bonchev–Trinajstić information content (AvgIpc) is 1.62. The van der Waals surface area contributed by atoms with Gasteiger partial charge >= 0.3 is 0 Å². The van der Waals surface area contributed by atoms with Crippen molar-refractivity contribution in [2.45, 2.75) is 193 Å². The van der Waals surface area contributed by atoms with Gasteiger partial charge in [-0.1, -0.05) is 83.5 Å². The van der Waals surface area contributed by atoms with E-state index < -0.39 is 0 Å². The first-order valence-corrected chi connectivity index (χ1v) is 38.0. The predicted molar refractivity (Wildman–Crippen MR) is 410 cm³/mol. The topological polar surface area (TPSA) is 255 Å². The molecular formula is C75H97BrN20S2. The standard InChI is InChI=1S/C27H34N6S.C26H33N7S.C22H30BrN7/c1-18(2)33-17-29-24-25(31-27(32-26(24)33)30-23-10-4-19(3)5-11-23)28-14-12-20-6-8-21(9-7-20)22-13-15-34-16-22;1-17(2)33-16-29-23-24(31-26(32-25(23)33)30-22-9-7-21(27)8-10-22)28-13-11-18-3-5-19(6-4-18)20-12-14-34-15-20;1-14(2)30-13-26-19-20(25-12-11-15-3-5-16(23)6-4-15)28-22(29-21(19)30)27-18-9-7-17(24)8-10-18/h6-9,13,15-19,23H,4-5,10-12,14H2,1-3H3,(H2,28,30,31,32);3-6,12,14-17,21-22H,7-11,13,27H2,1-2H3,(H2,28,30,31,32);3-6,13-14,17-18H,7-12,24H2,1-2H3,(H2,25,27,28,29). The number of rotatable bonds is 23. The second-order valence-electron chi connectivity index (χ2n) is 27.6. The lowest BCUT2D eigenvalue weighted by atomic mass is 9.87. The molecule has 0 unspecified atom stereocenters. The Morgan fingerprint density at radius 2 is 0.735 bits per heavy atom. The van der Waals surface area contributed by atoms with E-state index in [2.05, 4.69) is 231 Å². The highest BCUT2D eigenvalue weighted by atomic mass is 79.9. The second kappa shape index (κ2) is 33.2. The fourth-order valence-electron chi connectivity index (χ4n) is 13.1. The van der Waals surface area contributed by atoms with Crippen LogP contribution in [0.2, 0.25) is 0 Å². The molecule has 3 fully saturated rings. The van der Waals surface area contributed by atoms with Gasteiger partial charge in [-0.3, -0.25) is 0 Å². The van der Waals surface area contributed by atoms with E-state index in [1.807, 2.05) is 19.0 Å². The zero-order valence-electron chi connectivity index (χ0n) is 57.8. The zero-order chi connectivity index (χ0) is 68.1. The molecule has 3 saturated carbocycles. The summed E-state index contributed by atoms with van der Waals surface area (Å²) < 4.78 is 7.42. The molecule has 0 bridgehead atoms. The van der Waals surface area contributed by atoms with Crippen molar-refractivity contribution in [1.82, 2.24) is 58.6 Å². The molecule has 3 aromatic carbocycles. The van der Waals surface area contributed by atoms with Gasteiger partial charge < -0.3 is 57.1 Å². The number of hydrogen-bond donors (Lipinski definition) is 8. The van der Waals surface area contributed by atoms with Gasteiger partial charge in [0.2, 0.25) is 17.8 Å². The van der Waals surface area contributed by atoms with E-state index in [4.69, 9.17) is 41.4 Å². The molecular weight excluding hydrogens is 1330 g/mol. The number of thiophene rings is 2. The maximum atomic E-state index is 6.08. The Bertz CT molecular complexity index is 4060. The first-order valence-electron chi connectivity index (χ1n) is 35.4. The number of imidazole rings is 3. The van der Waals surface area contributed by atoms with E-state index in [1.54, 1.807) is 22.7 Å². The Labute approximate surface area is 593 Å². The molecule has 0 saturated heterocycles. The Morgan fingerprint density at radius 1 is 0.418 bits per heavy atom. The summed E-state index contributed by atoms with van der Waals surface area (Å²) in [6.45, 7) is 17.6. The van der Waals surface area contributed by atoms with Crippen molar-refractivity contribution in [2.75, 3.05) is 51.5 Å². The minimum Gasteiger partial charge on any atom is -0.368 e. The van der Waals surface area contributed by atoms with Gasteiger partial charge in [0.05, 0.1) is 19.0 Å². The fourth-order valence-corrected chi connectivity index (χ4v) is 14.7. The van der Waals surface area contributed by atoms with Crippen LogP contribution in [0.5, 0.6) is 0 Å². The van der Waals surface area contributed by atoms with Crippen LogP contribution in [0.25, 0.3) is 55.7 Å². The van der Waals surface area contributed by atoms with Crippen LogP contribution in [-0.2, 0) is 19.3 Å². The van der Waals surface area contributed by atoms with Crippen LogP contribution in [-0.4, -0.2) is 108 Å². The molecule has 23 heteroatoms. The summed E-state index contributed by atoms with van der Waals surface area (Å²) in [6, 6.07) is 33.0. The van der Waals surface area contributed by atoms with Gasteiger partial charge in [-0.25, -0.2) is 15.0 Å². The van der Waals surface area contributed by atoms with E-state index in [1.165, 1.54) is 64.6 Å². The fraction of sp³-hybridized carbons (Fsp3) is 0.453. The molecule has 8 heterocycles. The minimum absolute atomic E-state index is 0.273. The molecule has 0 atom stereocenters. The van der Waals surface area contributed by atoms with Crippen LogP contribution in [0.3, 0.4) is 0 Å². The van der Waals surface area contributed by atoms with Crippen molar-refractivity contribution in [1.29, 1.82) is 0 Å². The molecule has 10 N–H and O–H groups in total. The Balaban J connectivity index is 0.000000140. The van der Waals surface area contributed by atoms with Crippen LogP contribution >= 0.6 is 38.6 Å². The molecule has 3 aliphatic carbocycles. The molecule has 11 aromatic rings. The summed E-state index contributed by atoms with van der Waals surface area (Å²) in [5, 5.41) is 29.9. The number of aromatic nitrogens is 12. The lowest BCUT2D eigenvalue weighted by molar-refractivity contribution is 0.360. The minimum atomic E-state index is 0.273. The van der Waals surface area contributed by atoms with Crippen molar-refractivity contribution in [3.63, 3.8) is 0 Å². The monoisotopic (exact) mass is 1420 g/mol. The Hall–Kier alpha value is -8.09. The quantitative estimate of drug-likeness (QED) is 0.0296. The smallest absolute Gasteiger partial charge is 0.227 e. The van der Waals surface area contributed by atoms with Crippen molar-refractivity contribution >= 4 is 107 Å². The maximum Gasteiger partial charge on any atom is 0.227 e. The van der Waals surface area contributed by atoms with E-state index in [9.17, 15) is 0 Å². The molecule has 0 amide bonds. The molecule has 0 spiro atoms. The zero-order valence-corrected chi connectivity index (χ0v) is 61.0. The number of anilines is 6. The third-order valence-electron chi connectivity index (χ3n) is 19.1. The predicted octanol–water partition coefficient (Wildman–Crippen LogP) is 16.8. The molecule has 3 aliphatic rings. The lowest BCUT2D eigenvalue weighted by Crippen LogP contribution is -2.33. The summed E-state index contributed by atoms with van der Waals surface area (Å²) in [7, 11) is 0. The number of halogens is 1. The highest BCUT2D eigenvalue weighted by Gasteiger charge is 2.25. The second-order valence-corrected chi connectivity index (χ2v) is 30.1. The number of benzene rings is 3. The average molecular weight is 1420 g/mol. The highest BCUT2D eigenvalue weighted by Crippen LogP contribution is 2.32. The summed E-state index contributed by atoms with van der Waals surface area (Å²) in [5.41, 5.74) is 26.2. The first kappa shape index (κ1) is 69.8. The third-order valence-corrected chi connectivity index (χ3v) is 21.0. The normalized spacial score (nSPS) is 18.7. The number of nitrogens with zero attached hydrogens (tertiary/aromatic N) is 12. The summed E-state index contributed by atoms with van der Waals surface area (Å²) in [5.74, 6) is 5.23. The molecule has 8 aromatic heterocycles. The van der Waals surface area contributed by atoms with Crippen molar-refractivity contribution in [3.05, 3.63) is 147 Å². The number of hydrogen-bond acceptors (Lipinski definition) is 19. The summed E-state index contributed by atoms with van der Waals surface area (Å²) >= 11 is 6.94. The molecule has 0 radical (unpaired) electrons. The molecule has 516 valence electrons. The van der Waals surface area contributed by atoms with Crippen LogP contribution in [0.15, 0.2) is 130 Å². The number of nitrogens with two attached hydrogens (primary N) is 2. The van der Waals surface area contributed by atoms with Gasteiger partial charge in [0.15, 0.2) is 50.9 Å². The van der Waals surface area contributed by atoms with Gasteiger partial charge in [-0.2, -0.15) is 52.6 Å². The van der Waals surface area contributed by atoms with E-state index >= 15 is 0 Å². The van der Waals surface area contributed by atoms with Crippen molar-refractivity contribution in [3.8, 4) is 22.3 Å². The van der Waals surface area contributed by atoms with Crippen LogP contribution < -0.4 is 43.4 Å². The van der Waals surface area contributed by atoms with Crippen molar-refractivity contribution in [2.24, 2.45) is 17.4 Å². The molecule has 98 heavy (non-hydrogen) atoms. The summed E-state index contributed by atoms with van der Waals surface area (Å²) in [6.07, 6.45) is 21.6. The SMILES string of the molecule is CC(C)n1cnc2c(NCCc3ccc(-c4ccsc4)cc3)nc(NC3CCC(N)CC3)nc21.CC(C)n1cnc2c(NCCc3ccc(Br)cc3)nc(NC3CCC(N)CC3)nc21.CC1CCC(Nc2nc(NCCc3ccc(-c4ccsc4)cc3)c3ncn(C(C)C)c3n2)CC1. The van der Waals surface area contributed by atoms with Crippen LogP contribution in [0.4, 0.5) is 35.3 Å². The molecule has 20 nitrogen and oxygen atoms in total. The Kier molecular flexibility index (Phi) is 23.6. The van der Waals surface area contributed by atoms with Gasteiger partial charge in [-0.05, 0) is 229 Å². The van der Waals surface area contributed by atoms with Gasteiger partial charge in [0, 0.05) is 72.4 Å². The van der Waals surface area contributed by atoms with Crippen LogP contribution in [0, 0.1) is 5.92 Å². The Morgan fingerprint density at radius 3 is 1.04 bits per heavy atom. The molecule has 0 aliphatic heterocycles. The third kappa shape index (κ3) is 18.2. The van der Waals surface area contributed by atoms with E-state index in [0.29, 0.717) is 48.1 Å². The largest absolute Gasteiger partial charge is 0.368 e. The van der Waals surface area contributed by atoms with Crippen LogP contribution in [0.1, 0.15) is 160 Å². The number of nitrogens with one attached hydrogen (secondary N) is 6. The van der Waals surface area contributed by atoms with Gasteiger partial charge in [0.1, 0.15) is 0 Å². The van der Waals surface area contributed by atoms with E-state index in [-0.39, 0.29) is 18.1 Å².